The van der Waals surface area contributed by atoms with Gasteiger partial charge in [-0.25, -0.2) is 4.79 Å². The van der Waals surface area contributed by atoms with Crippen molar-refractivity contribution in [3.05, 3.63) is 46.3 Å². The van der Waals surface area contributed by atoms with Gasteiger partial charge in [0.2, 0.25) is 0 Å². The van der Waals surface area contributed by atoms with E-state index in [0.717, 1.165) is 31.4 Å². The molecule has 0 radical (unpaired) electrons. The number of hydrogen-bond acceptors (Lipinski definition) is 7. The van der Waals surface area contributed by atoms with Gasteiger partial charge < -0.3 is 24.6 Å². The zero-order valence-corrected chi connectivity index (χ0v) is 17.3. The number of aromatic hydroxyl groups is 1. The number of methoxy groups -OCH3 is 1. The minimum Gasteiger partial charge on any atom is -0.504 e. The molecule has 7 heteroatoms. The van der Waals surface area contributed by atoms with Gasteiger partial charge in [0.25, 0.3) is 0 Å². The first kappa shape index (κ1) is 20.5. The van der Waals surface area contributed by atoms with E-state index in [-0.39, 0.29) is 24.2 Å². The molecular formula is C23H27NO6. The Kier molecular flexibility index (Phi) is 5.81. The van der Waals surface area contributed by atoms with Crippen molar-refractivity contribution in [3.63, 3.8) is 0 Å². The molecule has 160 valence electrons. The number of carbonyl (C=O) groups is 2. The van der Waals surface area contributed by atoms with Crippen molar-refractivity contribution >= 4 is 11.8 Å². The van der Waals surface area contributed by atoms with Crippen LogP contribution in [0.4, 0.5) is 0 Å². The predicted octanol–water partition coefficient (Wildman–Crippen LogP) is 3.09. The van der Waals surface area contributed by atoms with Gasteiger partial charge in [-0.2, -0.15) is 0 Å². The maximum Gasteiger partial charge on any atom is 0.336 e. The van der Waals surface area contributed by atoms with Gasteiger partial charge in [-0.3, -0.25) is 4.79 Å². The van der Waals surface area contributed by atoms with Gasteiger partial charge in [-0.15, -0.1) is 0 Å². The Morgan fingerprint density at radius 2 is 2.13 bits per heavy atom. The van der Waals surface area contributed by atoms with Crippen LogP contribution in [-0.4, -0.2) is 43.3 Å². The topological polar surface area (TPSA) is 94.1 Å². The van der Waals surface area contributed by atoms with E-state index in [1.165, 1.54) is 7.11 Å². The first-order chi connectivity index (χ1) is 14.5. The molecule has 1 aromatic carbocycles. The SMILES string of the molecule is COc1ccc([C@H]2C(C(=O)OC[C@H]3CCCO3)=C(C)NC3=C2C(=O)CCC3)cc1O. The van der Waals surface area contributed by atoms with Crippen molar-refractivity contribution in [2.24, 2.45) is 0 Å². The van der Waals surface area contributed by atoms with E-state index in [2.05, 4.69) is 5.32 Å². The third kappa shape index (κ3) is 3.81. The lowest BCUT2D eigenvalue weighted by molar-refractivity contribution is -0.142. The molecule has 1 aromatic rings. The fraction of sp³-hybridized carbons (Fsp3) is 0.478. The molecule has 2 heterocycles. The Balaban J connectivity index is 1.71. The Bertz CT molecular complexity index is 926. The highest BCUT2D eigenvalue weighted by Crippen LogP contribution is 2.44. The molecular weight excluding hydrogens is 386 g/mol. The number of carbonyl (C=O) groups excluding carboxylic acids is 2. The summed E-state index contributed by atoms with van der Waals surface area (Å²) in [5, 5.41) is 13.6. The number of allylic oxidation sites excluding steroid dienone is 3. The molecule has 0 saturated carbocycles. The van der Waals surface area contributed by atoms with Gasteiger partial charge in [-0.05, 0) is 50.3 Å². The standard InChI is InChI=1S/C23H27NO6/c1-13-20(23(27)30-12-15-5-4-10-29-15)21(14-8-9-19(28-2)18(26)11-14)22-16(24-13)6-3-7-17(22)25/h8-9,11,15,21,24,26H,3-7,10,12H2,1-2H3/t15-,21+/m1/s1. The minimum absolute atomic E-state index is 0.0148. The zero-order chi connectivity index (χ0) is 21.3. The summed E-state index contributed by atoms with van der Waals surface area (Å²) in [6.45, 7) is 2.70. The van der Waals surface area contributed by atoms with Crippen molar-refractivity contribution in [1.29, 1.82) is 0 Å². The number of phenols is 1. The van der Waals surface area contributed by atoms with Crippen LogP contribution in [0.5, 0.6) is 11.5 Å². The van der Waals surface area contributed by atoms with Gasteiger partial charge in [0.05, 0.1) is 18.8 Å². The molecule has 2 aliphatic heterocycles. The minimum atomic E-state index is -0.595. The van der Waals surface area contributed by atoms with Crippen LogP contribution >= 0.6 is 0 Å². The average molecular weight is 413 g/mol. The van der Waals surface area contributed by atoms with Crippen molar-refractivity contribution in [1.82, 2.24) is 5.32 Å². The number of rotatable bonds is 5. The quantitative estimate of drug-likeness (QED) is 0.717. The van der Waals surface area contributed by atoms with E-state index in [9.17, 15) is 14.7 Å². The molecule has 3 aliphatic rings. The molecule has 2 atom stereocenters. The second-order valence-corrected chi connectivity index (χ2v) is 7.93. The fourth-order valence-corrected chi connectivity index (χ4v) is 4.50. The highest BCUT2D eigenvalue weighted by Gasteiger charge is 2.39. The summed E-state index contributed by atoms with van der Waals surface area (Å²) in [5.41, 5.74) is 3.15. The number of esters is 1. The van der Waals surface area contributed by atoms with Crippen molar-refractivity contribution < 1.29 is 28.9 Å². The lowest BCUT2D eigenvalue weighted by Crippen LogP contribution is -2.35. The van der Waals surface area contributed by atoms with Crippen LogP contribution in [0.1, 0.15) is 50.5 Å². The Labute approximate surface area is 175 Å². The average Bonchev–Trinajstić information content (AvgIpc) is 3.25. The Morgan fingerprint density at radius 3 is 2.83 bits per heavy atom. The third-order valence-corrected chi connectivity index (χ3v) is 5.96. The maximum atomic E-state index is 13.1. The van der Waals surface area contributed by atoms with Crippen LogP contribution in [0.15, 0.2) is 40.7 Å². The second-order valence-electron chi connectivity index (χ2n) is 7.93. The molecule has 0 spiro atoms. The molecule has 1 saturated heterocycles. The largest absolute Gasteiger partial charge is 0.504 e. The predicted molar refractivity (Wildman–Crippen MR) is 109 cm³/mol. The number of benzene rings is 1. The van der Waals surface area contributed by atoms with E-state index >= 15 is 0 Å². The second kappa shape index (κ2) is 8.52. The summed E-state index contributed by atoms with van der Waals surface area (Å²) in [4.78, 5) is 26.0. The van der Waals surface area contributed by atoms with Crippen molar-refractivity contribution in [2.45, 2.75) is 51.0 Å². The molecule has 1 aliphatic carbocycles. The molecule has 0 amide bonds. The Morgan fingerprint density at radius 1 is 1.30 bits per heavy atom. The highest BCUT2D eigenvalue weighted by atomic mass is 16.6. The van der Waals surface area contributed by atoms with Gasteiger partial charge >= 0.3 is 5.97 Å². The molecule has 0 bridgehead atoms. The van der Waals surface area contributed by atoms with Crippen LogP contribution in [0, 0.1) is 0 Å². The maximum absolute atomic E-state index is 13.1. The highest BCUT2D eigenvalue weighted by molar-refractivity contribution is 6.03. The number of hydrogen-bond donors (Lipinski definition) is 2. The number of ether oxygens (including phenoxy) is 3. The Hall–Kier alpha value is -2.80. The van der Waals surface area contributed by atoms with Crippen LogP contribution in [0.25, 0.3) is 0 Å². The van der Waals surface area contributed by atoms with E-state index in [1.807, 2.05) is 6.92 Å². The lowest BCUT2D eigenvalue weighted by atomic mass is 9.75. The van der Waals surface area contributed by atoms with Crippen LogP contribution in [0.2, 0.25) is 0 Å². The normalized spacial score (nSPS) is 23.9. The van der Waals surface area contributed by atoms with Gasteiger partial charge in [0.15, 0.2) is 17.3 Å². The summed E-state index contributed by atoms with van der Waals surface area (Å²) in [6, 6.07) is 4.98. The number of ketones is 1. The van der Waals surface area contributed by atoms with Gasteiger partial charge in [0, 0.05) is 35.9 Å². The summed E-state index contributed by atoms with van der Waals surface area (Å²) >= 11 is 0. The molecule has 4 rings (SSSR count). The molecule has 1 fully saturated rings. The molecule has 2 N–H and O–H groups in total. The fourth-order valence-electron chi connectivity index (χ4n) is 4.50. The monoisotopic (exact) mass is 413 g/mol. The van der Waals surface area contributed by atoms with Crippen LogP contribution < -0.4 is 10.1 Å². The lowest BCUT2D eigenvalue weighted by Gasteiger charge is -2.34. The summed E-state index contributed by atoms with van der Waals surface area (Å²) in [6.07, 6.45) is 3.71. The number of nitrogens with one attached hydrogen (secondary N) is 1. The molecule has 0 unspecified atom stereocenters. The molecule has 0 aromatic heterocycles. The van der Waals surface area contributed by atoms with Crippen molar-refractivity contribution in [2.75, 3.05) is 20.3 Å². The summed E-state index contributed by atoms with van der Waals surface area (Å²) in [5.74, 6) is -0.756. The summed E-state index contributed by atoms with van der Waals surface area (Å²) in [7, 11) is 1.47. The number of dihydropyridines is 1. The smallest absolute Gasteiger partial charge is 0.336 e. The van der Waals surface area contributed by atoms with Crippen LogP contribution in [-0.2, 0) is 19.1 Å². The zero-order valence-electron chi connectivity index (χ0n) is 17.3. The summed E-state index contributed by atoms with van der Waals surface area (Å²) < 4.78 is 16.3. The first-order valence-corrected chi connectivity index (χ1v) is 10.4. The van der Waals surface area contributed by atoms with Crippen LogP contribution in [0.3, 0.4) is 0 Å². The third-order valence-electron chi connectivity index (χ3n) is 5.96. The van der Waals surface area contributed by atoms with E-state index in [1.54, 1.807) is 18.2 Å². The molecule has 30 heavy (non-hydrogen) atoms. The van der Waals surface area contributed by atoms with Gasteiger partial charge in [-0.1, -0.05) is 6.07 Å². The van der Waals surface area contributed by atoms with E-state index < -0.39 is 11.9 Å². The number of phenolic OH excluding ortho intramolecular Hbond substituents is 1. The first-order valence-electron chi connectivity index (χ1n) is 10.4. The van der Waals surface area contributed by atoms with Crippen molar-refractivity contribution in [3.8, 4) is 11.5 Å². The van der Waals surface area contributed by atoms with E-state index in [0.29, 0.717) is 41.2 Å². The molecule has 7 nitrogen and oxygen atoms in total. The van der Waals surface area contributed by atoms with E-state index in [4.69, 9.17) is 14.2 Å². The number of Topliss-reactive ketones (excluding diaryl/α,β-unsaturated/α-hetero) is 1. The van der Waals surface area contributed by atoms with Gasteiger partial charge in [0.1, 0.15) is 6.61 Å².